The molecule has 2 aromatic rings. The second kappa shape index (κ2) is 6.86. The number of rotatable bonds is 5. The van der Waals surface area contributed by atoms with Gasteiger partial charge in [0.15, 0.2) is 0 Å². The van der Waals surface area contributed by atoms with Gasteiger partial charge in [0, 0.05) is 11.6 Å². The van der Waals surface area contributed by atoms with Crippen molar-refractivity contribution in [1.82, 2.24) is 5.32 Å². The third-order valence-electron chi connectivity index (χ3n) is 4.02. The van der Waals surface area contributed by atoms with Crippen molar-refractivity contribution in [1.29, 1.82) is 0 Å². The molecule has 0 bridgehead atoms. The molecule has 0 radical (unpaired) electrons. The second-order valence-corrected chi connectivity index (χ2v) is 5.84. The molecule has 112 valence electrons. The zero-order chi connectivity index (χ0) is 15.4. The maximum Gasteiger partial charge on any atom is 0.128 e. The topological polar surface area (TPSA) is 12.0 Å². The van der Waals surface area contributed by atoms with Crippen LogP contribution in [-0.2, 0) is 6.42 Å². The van der Waals surface area contributed by atoms with Crippen molar-refractivity contribution in [2.75, 3.05) is 7.05 Å². The van der Waals surface area contributed by atoms with Crippen LogP contribution in [0.2, 0.25) is 0 Å². The summed E-state index contributed by atoms with van der Waals surface area (Å²) in [5, 5.41) is 3.26. The molecule has 0 fully saturated rings. The fourth-order valence-electron chi connectivity index (χ4n) is 2.87. The van der Waals surface area contributed by atoms with Gasteiger partial charge in [-0.2, -0.15) is 0 Å². The second-order valence-electron chi connectivity index (χ2n) is 5.84. The Morgan fingerprint density at radius 2 is 1.67 bits per heavy atom. The van der Waals surface area contributed by atoms with Gasteiger partial charge >= 0.3 is 0 Å². The lowest BCUT2D eigenvalue weighted by Crippen LogP contribution is -2.19. The molecule has 1 atom stereocenters. The van der Waals surface area contributed by atoms with Crippen LogP contribution in [0.5, 0.6) is 0 Å². The largest absolute Gasteiger partial charge is 0.313 e. The molecule has 2 rings (SSSR count). The smallest absolute Gasteiger partial charge is 0.128 e. The lowest BCUT2D eigenvalue weighted by Gasteiger charge is -2.20. The first-order valence-electron chi connectivity index (χ1n) is 7.50. The van der Waals surface area contributed by atoms with Crippen molar-refractivity contribution >= 4 is 0 Å². The quantitative estimate of drug-likeness (QED) is 0.843. The fraction of sp³-hybridized carbons (Fsp3) is 0.368. The van der Waals surface area contributed by atoms with E-state index < -0.39 is 0 Å². The Labute approximate surface area is 127 Å². The Morgan fingerprint density at radius 3 is 2.24 bits per heavy atom. The summed E-state index contributed by atoms with van der Waals surface area (Å²) < 4.78 is 14.3. The number of halogens is 1. The molecule has 0 saturated heterocycles. The minimum Gasteiger partial charge on any atom is -0.313 e. The highest BCUT2D eigenvalue weighted by atomic mass is 19.1. The molecule has 0 aliphatic carbocycles. The van der Waals surface area contributed by atoms with Gasteiger partial charge in [-0.15, -0.1) is 0 Å². The van der Waals surface area contributed by atoms with Gasteiger partial charge in [0.1, 0.15) is 5.82 Å². The van der Waals surface area contributed by atoms with E-state index in [1.807, 2.05) is 20.9 Å². The summed E-state index contributed by atoms with van der Waals surface area (Å²) in [6, 6.07) is 12.3. The first-order valence-corrected chi connectivity index (χ1v) is 7.50. The van der Waals surface area contributed by atoms with Crippen LogP contribution in [0, 0.1) is 26.6 Å². The Hall–Kier alpha value is -1.67. The predicted molar refractivity (Wildman–Crippen MR) is 87.2 cm³/mol. The first-order chi connectivity index (χ1) is 10.0. The summed E-state index contributed by atoms with van der Waals surface area (Å²) in [4.78, 5) is 0. The summed E-state index contributed by atoms with van der Waals surface area (Å²) >= 11 is 0. The standard InChI is InChI=1S/C19H24FN/c1-13-5-7-16(8-6-13)9-10-18(21-4)19-15(3)11-14(2)12-17(19)20/h5-8,11-12,18,21H,9-10H2,1-4H3. The summed E-state index contributed by atoms with van der Waals surface area (Å²) in [7, 11) is 1.90. The molecule has 0 saturated carbocycles. The van der Waals surface area contributed by atoms with Crippen LogP contribution in [0.15, 0.2) is 36.4 Å². The molecule has 0 aliphatic rings. The molecule has 1 unspecified atom stereocenters. The maximum atomic E-state index is 14.3. The van der Waals surface area contributed by atoms with Gasteiger partial charge in [-0.3, -0.25) is 0 Å². The van der Waals surface area contributed by atoms with E-state index in [0.717, 1.165) is 29.5 Å². The molecule has 0 aliphatic heterocycles. The lowest BCUT2D eigenvalue weighted by molar-refractivity contribution is 0.505. The number of nitrogens with one attached hydrogen (secondary N) is 1. The average Bonchev–Trinajstić information content (AvgIpc) is 2.43. The number of benzene rings is 2. The van der Waals surface area contributed by atoms with Crippen LogP contribution >= 0.6 is 0 Å². The number of hydrogen-bond donors (Lipinski definition) is 1. The van der Waals surface area contributed by atoms with Gasteiger partial charge in [0.2, 0.25) is 0 Å². The molecule has 1 N–H and O–H groups in total. The molecule has 0 aromatic heterocycles. The summed E-state index contributed by atoms with van der Waals surface area (Å²) in [5.41, 5.74) is 5.36. The maximum absolute atomic E-state index is 14.3. The fourth-order valence-corrected chi connectivity index (χ4v) is 2.87. The van der Waals surface area contributed by atoms with Crippen molar-refractivity contribution in [2.24, 2.45) is 0 Å². The highest BCUT2D eigenvalue weighted by Gasteiger charge is 2.17. The normalized spacial score (nSPS) is 12.4. The minimum atomic E-state index is -0.101. The SMILES string of the molecule is CNC(CCc1ccc(C)cc1)c1c(C)cc(C)cc1F. The molecule has 0 amide bonds. The van der Waals surface area contributed by atoms with E-state index in [-0.39, 0.29) is 11.9 Å². The van der Waals surface area contributed by atoms with Crippen LogP contribution in [-0.4, -0.2) is 7.05 Å². The number of hydrogen-bond acceptors (Lipinski definition) is 1. The minimum absolute atomic E-state index is 0.0481. The highest BCUT2D eigenvalue weighted by Crippen LogP contribution is 2.26. The van der Waals surface area contributed by atoms with Crippen molar-refractivity contribution in [3.63, 3.8) is 0 Å². The molecule has 0 heterocycles. The highest BCUT2D eigenvalue weighted by molar-refractivity contribution is 5.34. The molecule has 1 nitrogen and oxygen atoms in total. The number of aryl methyl sites for hydroxylation is 4. The lowest BCUT2D eigenvalue weighted by atomic mass is 9.94. The van der Waals surface area contributed by atoms with Gasteiger partial charge in [-0.1, -0.05) is 35.9 Å². The van der Waals surface area contributed by atoms with Crippen LogP contribution in [0.25, 0.3) is 0 Å². The Morgan fingerprint density at radius 1 is 1.00 bits per heavy atom. The van der Waals surface area contributed by atoms with Gasteiger partial charge < -0.3 is 5.32 Å². The third kappa shape index (κ3) is 3.92. The van der Waals surface area contributed by atoms with E-state index in [1.54, 1.807) is 6.07 Å². The Kier molecular flexibility index (Phi) is 5.13. The van der Waals surface area contributed by atoms with Crippen LogP contribution in [0.1, 0.15) is 40.3 Å². The molecule has 21 heavy (non-hydrogen) atoms. The predicted octanol–water partition coefficient (Wildman–Crippen LogP) is 4.64. The summed E-state index contributed by atoms with van der Waals surface area (Å²) in [6.07, 6.45) is 1.83. The van der Waals surface area contributed by atoms with Gasteiger partial charge in [-0.05, 0) is 63.4 Å². The van der Waals surface area contributed by atoms with E-state index in [1.165, 1.54) is 11.1 Å². The van der Waals surface area contributed by atoms with Crippen molar-refractivity contribution < 1.29 is 4.39 Å². The average molecular weight is 285 g/mol. The van der Waals surface area contributed by atoms with Crippen LogP contribution in [0.3, 0.4) is 0 Å². The van der Waals surface area contributed by atoms with Gasteiger partial charge in [-0.25, -0.2) is 4.39 Å². The van der Waals surface area contributed by atoms with E-state index in [0.29, 0.717) is 0 Å². The molecule has 0 spiro atoms. The van der Waals surface area contributed by atoms with Gasteiger partial charge in [0.25, 0.3) is 0 Å². The van der Waals surface area contributed by atoms with Crippen molar-refractivity contribution in [3.05, 3.63) is 70.0 Å². The van der Waals surface area contributed by atoms with Crippen LogP contribution in [0.4, 0.5) is 4.39 Å². The molecule has 2 heteroatoms. The molecule has 2 aromatic carbocycles. The van der Waals surface area contributed by atoms with Crippen molar-refractivity contribution in [3.8, 4) is 0 Å². The van der Waals surface area contributed by atoms with E-state index in [4.69, 9.17) is 0 Å². The zero-order valence-electron chi connectivity index (χ0n) is 13.3. The van der Waals surface area contributed by atoms with Crippen LogP contribution < -0.4 is 5.32 Å². The monoisotopic (exact) mass is 285 g/mol. The zero-order valence-corrected chi connectivity index (χ0v) is 13.3. The summed E-state index contributed by atoms with van der Waals surface area (Å²) in [6.45, 7) is 6.01. The third-order valence-corrected chi connectivity index (χ3v) is 4.02. The summed E-state index contributed by atoms with van der Waals surface area (Å²) in [5.74, 6) is -0.101. The van der Waals surface area contributed by atoms with E-state index in [9.17, 15) is 4.39 Å². The van der Waals surface area contributed by atoms with E-state index >= 15 is 0 Å². The molecular formula is C19H24FN. The van der Waals surface area contributed by atoms with E-state index in [2.05, 4.69) is 42.6 Å². The van der Waals surface area contributed by atoms with Gasteiger partial charge in [0.05, 0.1) is 0 Å². The Balaban J connectivity index is 2.15. The Bertz CT molecular complexity index is 578. The van der Waals surface area contributed by atoms with Crippen molar-refractivity contribution in [2.45, 2.75) is 39.7 Å². The first kappa shape index (κ1) is 15.7. The molecular weight excluding hydrogens is 261 g/mol.